The van der Waals surface area contributed by atoms with Gasteiger partial charge in [0.05, 0.1) is 4.92 Å². The van der Waals surface area contributed by atoms with E-state index in [0.717, 1.165) is 18.2 Å². The molecule has 20 heavy (non-hydrogen) atoms. The number of nitro benzene ring substituents is 1. The van der Waals surface area contributed by atoms with Crippen LogP contribution >= 0.6 is 0 Å². The first kappa shape index (κ1) is 13.7. The molecule has 0 saturated carbocycles. The highest BCUT2D eigenvalue weighted by atomic mass is 19.1. The van der Waals surface area contributed by atoms with E-state index in [1.165, 1.54) is 18.2 Å². The van der Waals surface area contributed by atoms with E-state index in [9.17, 15) is 24.0 Å². The number of nitrogens with one attached hydrogen (secondary N) is 1. The summed E-state index contributed by atoms with van der Waals surface area (Å²) in [5, 5.41) is 22.8. The number of phenolic OH excluding ortho intramolecular Hbond substituents is 1. The van der Waals surface area contributed by atoms with Gasteiger partial charge in [0.25, 0.3) is 0 Å². The van der Waals surface area contributed by atoms with Gasteiger partial charge in [-0.1, -0.05) is 12.1 Å². The maximum absolute atomic E-state index is 13.1. The van der Waals surface area contributed by atoms with Gasteiger partial charge in [-0.3, -0.25) is 10.1 Å². The van der Waals surface area contributed by atoms with E-state index in [1.54, 1.807) is 0 Å². The standard InChI is InChI=1S/C13H10F2N2O3/c14-10-5-4-9(6-12(10)17(19)20)16-7-8-2-1-3-11(15)13(8)18/h1-6,16,18H,7H2. The SMILES string of the molecule is O=[N+]([O-])c1cc(NCc2cccc(F)c2O)ccc1F. The fraction of sp³-hybridized carbons (Fsp3) is 0.0769. The van der Waals surface area contributed by atoms with Crippen molar-refractivity contribution >= 4 is 11.4 Å². The van der Waals surface area contributed by atoms with Crippen LogP contribution in [0.15, 0.2) is 36.4 Å². The van der Waals surface area contributed by atoms with Crippen molar-refractivity contribution in [2.45, 2.75) is 6.54 Å². The van der Waals surface area contributed by atoms with Crippen molar-refractivity contribution in [3.8, 4) is 5.75 Å². The molecule has 0 bridgehead atoms. The lowest BCUT2D eigenvalue weighted by molar-refractivity contribution is -0.387. The number of phenols is 1. The van der Waals surface area contributed by atoms with Gasteiger partial charge in [-0.05, 0) is 18.2 Å². The van der Waals surface area contributed by atoms with E-state index in [4.69, 9.17) is 0 Å². The third-order valence-electron chi connectivity index (χ3n) is 2.70. The van der Waals surface area contributed by atoms with Gasteiger partial charge in [0, 0.05) is 23.9 Å². The van der Waals surface area contributed by atoms with Crippen LogP contribution < -0.4 is 5.32 Å². The van der Waals surface area contributed by atoms with Crippen LogP contribution in [-0.2, 0) is 6.54 Å². The Hall–Kier alpha value is -2.70. The summed E-state index contributed by atoms with van der Waals surface area (Å²) in [6.45, 7) is 0.0480. The number of aromatic hydroxyl groups is 1. The predicted octanol–water partition coefficient (Wildman–Crippen LogP) is 3.19. The highest BCUT2D eigenvalue weighted by molar-refractivity contribution is 5.52. The molecule has 0 amide bonds. The topological polar surface area (TPSA) is 75.4 Å². The Morgan fingerprint density at radius 1 is 1.20 bits per heavy atom. The number of rotatable bonds is 4. The van der Waals surface area contributed by atoms with Gasteiger partial charge < -0.3 is 10.4 Å². The summed E-state index contributed by atoms with van der Waals surface area (Å²) in [6.07, 6.45) is 0. The molecular weight excluding hydrogens is 270 g/mol. The Morgan fingerprint density at radius 3 is 2.65 bits per heavy atom. The summed E-state index contributed by atoms with van der Waals surface area (Å²) in [5.74, 6) is -2.18. The smallest absolute Gasteiger partial charge is 0.306 e. The van der Waals surface area contributed by atoms with E-state index < -0.39 is 28.0 Å². The molecule has 0 spiro atoms. The predicted molar refractivity (Wildman–Crippen MR) is 68.4 cm³/mol. The minimum Gasteiger partial charge on any atom is -0.505 e. The molecule has 0 saturated heterocycles. The van der Waals surface area contributed by atoms with Crippen LogP contribution in [-0.4, -0.2) is 10.0 Å². The second-order valence-corrected chi connectivity index (χ2v) is 4.02. The third-order valence-corrected chi connectivity index (χ3v) is 2.70. The van der Waals surface area contributed by atoms with Crippen LogP contribution in [0.4, 0.5) is 20.2 Å². The molecule has 5 nitrogen and oxygen atoms in total. The van der Waals surface area contributed by atoms with Gasteiger partial charge in [-0.15, -0.1) is 0 Å². The molecule has 0 aromatic heterocycles. The first-order valence-corrected chi connectivity index (χ1v) is 5.63. The lowest BCUT2D eigenvalue weighted by atomic mass is 10.2. The number of para-hydroxylation sites is 1. The summed E-state index contributed by atoms with van der Waals surface area (Å²) >= 11 is 0. The molecular formula is C13H10F2N2O3. The number of hydrogen-bond acceptors (Lipinski definition) is 4. The maximum Gasteiger partial charge on any atom is 0.306 e. The second-order valence-electron chi connectivity index (χ2n) is 4.02. The fourth-order valence-corrected chi connectivity index (χ4v) is 1.66. The van der Waals surface area contributed by atoms with E-state index >= 15 is 0 Å². The van der Waals surface area contributed by atoms with E-state index in [2.05, 4.69) is 5.32 Å². The average Bonchev–Trinajstić information content (AvgIpc) is 2.41. The van der Waals surface area contributed by atoms with Crippen LogP contribution in [0.5, 0.6) is 5.75 Å². The van der Waals surface area contributed by atoms with Crippen LogP contribution in [0.2, 0.25) is 0 Å². The molecule has 0 radical (unpaired) electrons. The Kier molecular flexibility index (Phi) is 3.79. The molecule has 2 N–H and O–H groups in total. The highest BCUT2D eigenvalue weighted by Crippen LogP contribution is 2.24. The zero-order chi connectivity index (χ0) is 14.7. The summed E-state index contributed by atoms with van der Waals surface area (Å²) in [4.78, 5) is 9.76. The second kappa shape index (κ2) is 5.52. The molecule has 0 fully saturated rings. The fourth-order valence-electron chi connectivity index (χ4n) is 1.66. The van der Waals surface area contributed by atoms with E-state index in [1.807, 2.05) is 0 Å². The Bertz CT molecular complexity index is 662. The molecule has 0 aliphatic rings. The summed E-state index contributed by atoms with van der Waals surface area (Å²) in [7, 11) is 0. The van der Waals surface area contributed by atoms with Crippen molar-refractivity contribution < 1.29 is 18.8 Å². The minimum atomic E-state index is -0.936. The third kappa shape index (κ3) is 2.82. The number of nitrogens with zero attached hydrogens (tertiary/aromatic N) is 1. The summed E-state index contributed by atoms with van der Waals surface area (Å²) in [6, 6.07) is 7.36. The number of benzene rings is 2. The van der Waals surface area contributed by atoms with Crippen molar-refractivity contribution in [3.63, 3.8) is 0 Å². The Morgan fingerprint density at radius 2 is 1.95 bits per heavy atom. The van der Waals surface area contributed by atoms with Crippen LogP contribution in [0.25, 0.3) is 0 Å². The van der Waals surface area contributed by atoms with E-state index in [-0.39, 0.29) is 12.1 Å². The lowest BCUT2D eigenvalue weighted by Gasteiger charge is -2.08. The quantitative estimate of drug-likeness (QED) is 0.666. The monoisotopic (exact) mass is 280 g/mol. The van der Waals surface area contributed by atoms with Gasteiger partial charge >= 0.3 is 5.69 Å². The van der Waals surface area contributed by atoms with Gasteiger partial charge in [0.2, 0.25) is 5.82 Å². The van der Waals surface area contributed by atoms with Gasteiger partial charge in [-0.2, -0.15) is 4.39 Å². The number of hydrogen-bond donors (Lipinski definition) is 2. The number of anilines is 1. The molecule has 0 aliphatic heterocycles. The van der Waals surface area contributed by atoms with Gasteiger partial charge in [0.1, 0.15) is 0 Å². The molecule has 2 aromatic carbocycles. The van der Waals surface area contributed by atoms with Gasteiger partial charge in [-0.25, -0.2) is 4.39 Å². The molecule has 104 valence electrons. The normalized spacial score (nSPS) is 10.3. The number of nitro groups is 1. The molecule has 2 aromatic rings. The molecule has 0 aliphatic carbocycles. The highest BCUT2D eigenvalue weighted by Gasteiger charge is 2.14. The average molecular weight is 280 g/mol. The van der Waals surface area contributed by atoms with Crippen LogP contribution in [0.3, 0.4) is 0 Å². The Balaban J connectivity index is 2.17. The van der Waals surface area contributed by atoms with Crippen molar-refractivity contribution in [2.75, 3.05) is 5.32 Å². The first-order chi connectivity index (χ1) is 9.49. The summed E-state index contributed by atoms with van der Waals surface area (Å²) in [5.41, 5.74) is -0.0720. The minimum absolute atomic E-state index is 0.0480. The molecule has 2 rings (SSSR count). The van der Waals surface area contributed by atoms with Crippen LogP contribution in [0, 0.1) is 21.7 Å². The van der Waals surface area contributed by atoms with Crippen molar-refractivity contribution in [3.05, 3.63) is 63.7 Å². The van der Waals surface area contributed by atoms with Crippen molar-refractivity contribution in [1.29, 1.82) is 0 Å². The largest absolute Gasteiger partial charge is 0.505 e. The van der Waals surface area contributed by atoms with Crippen molar-refractivity contribution in [2.24, 2.45) is 0 Å². The zero-order valence-corrected chi connectivity index (χ0v) is 10.1. The Labute approximate surface area is 112 Å². The van der Waals surface area contributed by atoms with E-state index in [0.29, 0.717) is 5.69 Å². The molecule has 0 unspecified atom stereocenters. The first-order valence-electron chi connectivity index (χ1n) is 5.63. The zero-order valence-electron chi connectivity index (χ0n) is 10.1. The van der Waals surface area contributed by atoms with Crippen molar-refractivity contribution in [1.82, 2.24) is 0 Å². The molecule has 0 heterocycles. The maximum atomic E-state index is 13.1. The summed E-state index contributed by atoms with van der Waals surface area (Å²) < 4.78 is 26.3. The van der Waals surface area contributed by atoms with Gasteiger partial charge in [0.15, 0.2) is 11.6 Å². The molecule has 0 atom stereocenters. The number of halogens is 2. The lowest BCUT2D eigenvalue weighted by Crippen LogP contribution is -2.02. The molecule has 7 heteroatoms. The van der Waals surface area contributed by atoms with Crippen LogP contribution in [0.1, 0.15) is 5.56 Å².